The summed E-state index contributed by atoms with van der Waals surface area (Å²) in [4.78, 5) is 8.23. The Labute approximate surface area is 105 Å². The molecule has 0 aliphatic rings. The van der Waals surface area contributed by atoms with Crippen molar-refractivity contribution in [1.82, 2.24) is 9.97 Å². The highest BCUT2D eigenvalue weighted by atomic mass is 16.5. The van der Waals surface area contributed by atoms with Gasteiger partial charge in [0, 0.05) is 25.0 Å². The van der Waals surface area contributed by atoms with Gasteiger partial charge in [-0.25, -0.2) is 9.97 Å². The summed E-state index contributed by atoms with van der Waals surface area (Å²) in [5, 5.41) is 11.8. The van der Waals surface area contributed by atoms with Gasteiger partial charge in [0.15, 0.2) is 0 Å². The predicted octanol–water partition coefficient (Wildman–Crippen LogP) is 1.97. The van der Waals surface area contributed by atoms with Crippen molar-refractivity contribution in [1.29, 1.82) is 5.26 Å². The van der Waals surface area contributed by atoms with Crippen LogP contribution in [0.2, 0.25) is 0 Å². The SMILES string of the molecule is COc1ccc(CNc2ccc(C#N)cn2)cn1. The highest BCUT2D eigenvalue weighted by Crippen LogP contribution is 2.09. The number of nitrogens with zero attached hydrogens (tertiary/aromatic N) is 3. The molecule has 0 radical (unpaired) electrons. The van der Waals surface area contributed by atoms with Crippen molar-refractivity contribution in [3.63, 3.8) is 0 Å². The van der Waals surface area contributed by atoms with Crippen molar-refractivity contribution in [2.45, 2.75) is 6.54 Å². The lowest BCUT2D eigenvalue weighted by Crippen LogP contribution is -2.01. The van der Waals surface area contributed by atoms with Gasteiger partial charge >= 0.3 is 0 Å². The van der Waals surface area contributed by atoms with Crippen LogP contribution in [0.15, 0.2) is 36.7 Å². The molecule has 0 amide bonds. The summed E-state index contributed by atoms with van der Waals surface area (Å²) in [5.41, 5.74) is 1.58. The van der Waals surface area contributed by atoms with Gasteiger partial charge in [-0.3, -0.25) is 0 Å². The third-order valence-corrected chi connectivity index (χ3v) is 2.37. The monoisotopic (exact) mass is 240 g/mol. The number of methoxy groups -OCH3 is 1. The summed E-state index contributed by atoms with van der Waals surface area (Å²) in [6.45, 7) is 0.621. The second-order valence-corrected chi connectivity index (χ2v) is 3.61. The summed E-state index contributed by atoms with van der Waals surface area (Å²) in [5.74, 6) is 1.32. The highest BCUT2D eigenvalue weighted by molar-refractivity contribution is 5.39. The molecule has 0 aliphatic heterocycles. The van der Waals surface area contributed by atoms with E-state index in [-0.39, 0.29) is 0 Å². The van der Waals surface area contributed by atoms with Gasteiger partial charge in [-0.2, -0.15) is 5.26 Å². The molecule has 0 aliphatic carbocycles. The lowest BCUT2D eigenvalue weighted by Gasteiger charge is -2.05. The van der Waals surface area contributed by atoms with Crippen LogP contribution < -0.4 is 10.1 Å². The van der Waals surface area contributed by atoms with Gasteiger partial charge in [0.1, 0.15) is 11.9 Å². The van der Waals surface area contributed by atoms with E-state index in [1.165, 1.54) is 6.20 Å². The van der Waals surface area contributed by atoms with Crippen LogP contribution >= 0.6 is 0 Å². The maximum Gasteiger partial charge on any atom is 0.212 e. The quantitative estimate of drug-likeness (QED) is 0.884. The first-order valence-electron chi connectivity index (χ1n) is 5.41. The molecule has 2 aromatic rings. The first-order valence-corrected chi connectivity index (χ1v) is 5.41. The van der Waals surface area contributed by atoms with Crippen LogP contribution in [0.25, 0.3) is 0 Å². The summed E-state index contributed by atoms with van der Waals surface area (Å²) >= 11 is 0. The zero-order valence-electron chi connectivity index (χ0n) is 9.92. The number of ether oxygens (including phenoxy) is 1. The van der Waals surface area contributed by atoms with Crippen LogP contribution in [0.5, 0.6) is 5.88 Å². The van der Waals surface area contributed by atoms with Crippen LogP contribution in [0.4, 0.5) is 5.82 Å². The molecule has 2 rings (SSSR count). The van der Waals surface area contributed by atoms with Crippen molar-refractivity contribution in [2.24, 2.45) is 0 Å². The summed E-state index contributed by atoms with van der Waals surface area (Å²) in [6, 6.07) is 9.27. The molecule has 0 saturated carbocycles. The minimum absolute atomic E-state index is 0.548. The number of rotatable bonds is 4. The molecule has 1 N–H and O–H groups in total. The number of pyridine rings is 2. The van der Waals surface area contributed by atoms with Gasteiger partial charge in [-0.1, -0.05) is 6.07 Å². The van der Waals surface area contributed by atoms with E-state index in [9.17, 15) is 0 Å². The molecule has 2 heterocycles. The number of aromatic nitrogens is 2. The average molecular weight is 240 g/mol. The molecule has 18 heavy (non-hydrogen) atoms. The maximum absolute atomic E-state index is 8.66. The van der Waals surface area contributed by atoms with E-state index in [0.717, 1.165) is 11.4 Å². The first kappa shape index (κ1) is 11.9. The minimum Gasteiger partial charge on any atom is -0.481 e. The van der Waals surface area contributed by atoms with Crippen molar-refractivity contribution in [3.8, 4) is 11.9 Å². The zero-order chi connectivity index (χ0) is 12.8. The number of nitrogens with one attached hydrogen (secondary N) is 1. The third kappa shape index (κ3) is 2.95. The van der Waals surface area contributed by atoms with Gasteiger partial charge in [-0.05, 0) is 17.7 Å². The largest absolute Gasteiger partial charge is 0.481 e. The molecule has 5 nitrogen and oxygen atoms in total. The fourth-order valence-electron chi connectivity index (χ4n) is 1.39. The van der Waals surface area contributed by atoms with Crippen LogP contribution in [-0.4, -0.2) is 17.1 Å². The van der Waals surface area contributed by atoms with E-state index in [0.29, 0.717) is 18.0 Å². The Hall–Kier alpha value is -2.61. The second kappa shape index (κ2) is 5.64. The molecule has 0 bridgehead atoms. The van der Waals surface area contributed by atoms with Crippen molar-refractivity contribution >= 4 is 5.82 Å². The van der Waals surface area contributed by atoms with Crippen LogP contribution in [0.3, 0.4) is 0 Å². The van der Waals surface area contributed by atoms with Gasteiger partial charge in [-0.15, -0.1) is 0 Å². The van der Waals surface area contributed by atoms with Crippen molar-refractivity contribution < 1.29 is 4.74 Å². The maximum atomic E-state index is 8.66. The highest BCUT2D eigenvalue weighted by Gasteiger charge is 1.97. The minimum atomic E-state index is 0.548. The molecule has 2 aromatic heterocycles. The van der Waals surface area contributed by atoms with E-state index < -0.39 is 0 Å². The van der Waals surface area contributed by atoms with Crippen molar-refractivity contribution in [2.75, 3.05) is 12.4 Å². The number of hydrogen-bond acceptors (Lipinski definition) is 5. The molecule has 0 fully saturated rings. The zero-order valence-corrected chi connectivity index (χ0v) is 9.92. The van der Waals surface area contributed by atoms with Crippen molar-refractivity contribution in [3.05, 3.63) is 47.8 Å². The second-order valence-electron chi connectivity index (χ2n) is 3.61. The molecule has 0 saturated heterocycles. The molecule has 0 unspecified atom stereocenters. The molecule has 0 aromatic carbocycles. The Balaban J connectivity index is 1.95. The fourth-order valence-corrected chi connectivity index (χ4v) is 1.39. The summed E-state index contributed by atoms with van der Waals surface area (Å²) < 4.78 is 4.98. The van der Waals surface area contributed by atoms with Crippen LogP contribution in [-0.2, 0) is 6.54 Å². The molecular weight excluding hydrogens is 228 g/mol. The standard InChI is InChI=1S/C13H12N4O/c1-18-13-5-3-11(9-17-13)8-16-12-4-2-10(6-14)7-15-12/h2-5,7,9H,8H2,1H3,(H,15,16). The van der Waals surface area contributed by atoms with E-state index >= 15 is 0 Å². The normalized spacial score (nSPS) is 9.56. The topological polar surface area (TPSA) is 70.8 Å². The Kier molecular flexibility index (Phi) is 3.72. The number of nitriles is 1. The Morgan fingerprint density at radius 1 is 1.22 bits per heavy atom. The predicted molar refractivity (Wildman–Crippen MR) is 67.1 cm³/mol. The number of anilines is 1. The first-order chi connectivity index (χ1) is 8.81. The van der Waals surface area contributed by atoms with E-state index in [1.807, 2.05) is 18.2 Å². The van der Waals surface area contributed by atoms with Gasteiger partial charge < -0.3 is 10.1 Å². The van der Waals surface area contributed by atoms with Gasteiger partial charge in [0.2, 0.25) is 5.88 Å². The smallest absolute Gasteiger partial charge is 0.212 e. The average Bonchev–Trinajstić information content (AvgIpc) is 2.46. The van der Waals surface area contributed by atoms with Crippen LogP contribution in [0.1, 0.15) is 11.1 Å². The number of hydrogen-bond donors (Lipinski definition) is 1. The van der Waals surface area contributed by atoms with E-state index in [1.54, 1.807) is 25.4 Å². The summed E-state index contributed by atoms with van der Waals surface area (Å²) in [6.07, 6.45) is 3.28. The van der Waals surface area contributed by atoms with Gasteiger partial charge in [0.25, 0.3) is 0 Å². The molecule has 0 atom stereocenters. The fraction of sp³-hybridized carbons (Fsp3) is 0.154. The molecule has 90 valence electrons. The lowest BCUT2D eigenvalue weighted by molar-refractivity contribution is 0.397. The Morgan fingerprint density at radius 2 is 2.11 bits per heavy atom. The lowest BCUT2D eigenvalue weighted by atomic mass is 10.2. The molecule has 5 heteroatoms. The van der Waals surface area contributed by atoms with E-state index in [2.05, 4.69) is 15.3 Å². The van der Waals surface area contributed by atoms with Crippen LogP contribution in [0, 0.1) is 11.3 Å². The Bertz CT molecular complexity index is 543. The summed E-state index contributed by atoms with van der Waals surface area (Å²) in [7, 11) is 1.58. The third-order valence-electron chi connectivity index (χ3n) is 2.37. The van der Waals surface area contributed by atoms with Gasteiger partial charge in [0.05, 0.1) is 12.7 Å². The Morgan fingerprint density at radius 3 is 2.67 bits per heavy atom. The van der Waals surface area contributed by atoms with E-state index in [4.69, 9.17) is 10.00 Å². The molecular formula is C13H12N4O. The molecule has 0 spiro atoms.